The fraction of sp³-hybridized carbons (Fsp3) is 0.900. The van der Waals surface area contributed by atoms with Crippen molar-refractivity contribution < 1.29 is 34.7 Å². The first-order chi connectivity index (χ1) is 9.00. The van der Waals surface area contributed by atoms with Crippen LogP contribution in [0.2, 0.25) is 0 Å². The van der Waals surface area contributed by atoms with Crippen molar-refractivity contribution in [2.24, 2.45) is 11.3 Å². The van der Waals surface area contributed by atoms with Crippen LogP contribution in [0, 0.1) is 11.3 Å². The number of carbonyl (C=O) groups is 1. The van der Waals surface area contributed by atoms with E-state index in [4.69, 9.17) is 4.74 Å². The first-order valence-electron chi connectivity index (χ1n) is 5.86. The smallest absolute Gasteiger partial charge is 0.314 e. The van der Waals surface area contributed by atoms with E-state index in [2.05, 4.69) is 8.37 Å². The lowest BCUT2D eigenvalue weighted by Gasteiger charge is -2.15. The van der Waals surface area contributed by atoms with Crippen molar-refractivity contribution in [1.29, 1.82) is 0 Å². The van der Waals surface area contributed by atoms with Crippen LogP contribution < -0.4 is 0 Å². The van der Waals surface area contributed by atoms with Crippen molar-refractivity contribution in [2.75, 3.05) is 32.3 Å². The molecule has 0 radical (unpaired) electrons. The molecule has 0 aromatic carbocycles. The highest BCUT2D eigenvalue weighted by molar-refractivity contribution is 7.86. The van der Waals surface area contributed by atoms with E-state index in [9.17, 15) is 21.6 Å². The van der Waals surface area contributed by atoms with Gasteiger partial charge in [0.15, 0.2) is 0 Å². The minimum atomic E-state index is -3.70. The fourth-order valence-electron chi connectivity index (χ4n) is 1.78. The first-order valence-corrected chi connectivity index (χ1v) is 9.49. The number of carbonyl (C=O) groups excluding carboxylic acids is 1. The molecule has 1 aliphatic carbocycles. The van der Waals surface area contributed by atoms with Gasteiger partial charge in [-0.15, -0.1) is 0 Å². The molecule has 0 aromatic rings. The third-order valence-electron chi connectivity index (χ3n) is 2.93. The number of ether oxygens (including phenoxy) is 1. The highest BCUT2D eigenvalue weighted by atomic mass is 32.2. The van der Waals surface area contributed by atoms with E-state index in [0.29, 0.717) is 0 Å². The lowest BCUT2D eigenvalue weighted by molar-refractivity contribution is -0.151. The molecular formula is C10H18O8S2. The van der Waals surface area contributed by atoms with Gasteiger partial charge in [-0.05, 0) is 13.3 Å². The van der Waals surface area contributed by atoms with Crippen molar-refractivity contribution in [2.45, 2.75) is 13.3 Å². The van der Waals surface area contributed by atoms with E-state index < -0.39 is 37.5 Å². The van der Waals surface area contributed by atoms with E-state index in [0.717, 1.165) is 12.5 Å². The average Bonchev–Trinajstić information content (AvgIpc) is 2.97. The summed E-state index contributed by atoms with van der Waals surface area (Å²) in [6.45, 7) is 1.18. The van der Waals surface area contributed by atoms with Crippen molar-refractivity contribution >= 4 is 26.2 Å². The zero-order valence-electron chi connectivity index (χ0n) is 11.5. The van der Waals surface area contributed by atoms with Crippen LogP contribution in [-0.2, 0) is 38.1 Å². The Morgan fingerprint density at radius 3 is 2.15 bits per heavy atom. The maximum absolute atomic E-state index is 11.9. The number of esters is 1. The maximum Gasteiger partial charge on any atom is 0.314 e. The second kappa shape index (κ2) is 5.96. The fourth-order valence-corrected chi connectivity index (χ4v) is 2.61. The Hall–Kier alpha value is -0.710. The second-order valence-corrected chi connectivity index (χ2v) is 8.02. The lowest BCUT2D eigenvalue weighted by Crippen LogP contribution is -2.29. The Bertz CT molecular complexity index is 564. The molecule has 0 aliphatic heterocycles. The third-order valence-corrected chi connectivity index (χ3v) is 4.04. The summed E-state index contributed by atoms with van der Waals surface area (Å²) in [4.78, 5) is 11.9. The highest BCUT2D eigenvalue weighted by Gasteiger charge is 2.62. The van der Waals surface area contributed by atoms with Crippen molar-refractivity contribution in [3.05, 3.63) is 0 Å². The Morgan fingerprint density at radius 1 is 1.15 bits per heavy atom. The summed E-state index contributed by atoms with van der Waals surface area (Å²) in [6, 6.07) is 0. The molecule has 0 bridgehead atoms. The molecule has 0 spiro atoms. The molecule has 0 N–H and O–H groups in total. The molecular weight excluding hydrogens is 312 g/mol. The van der Waals surface area contributed by atoms with Crippen LogP contribution in [0.1, 0.15) is 13.3 Å². The number of rotatable bonds is 8. The van der Waals surface area contributed by atoms with Crippen molar-refractivity contribution in [3.63, 3.8) is 0 Å². The normalized spacial score (nSPS) is 26.2. The molecule has 8 nitrogen and oxygen atoms in total. The topological polar surface area (TPSA) is 113 Å². The summed E-state index contributed by atoms with van der Waals surface area (Å²) in [5.41, 5.74) is -1.15. The van der Waals surface area contributed by atoms with E-state index >= 15 is 0 Å². The molecule has 2 atom stereocenters. The second-order valence-electron chi connectivity index (χ2n) is 4.73. The van der Waals surface area contributed by atoms with Gasteiger partial charge in [0.05, 0.1) is 37.7 Å². The quantitative estimate of drug-likeness (QED) is 0.433. The van der Waals surface area contributed by atoms with Gasteiger partial charge in [0.1, 0.15) is 0 Å². The van der Waals surface area contributed by atoms with Crippen LogP contribution in [0.15, 0.2) is 0 Å². The van der Waals surface area contributed by atoms with E-state index in [1.54, 1.807) is 6.92 Å². The Balaban J connectivity index is 2.72. The lowest BCUT2D eigenvalue weighted by atomic mass is 10.1. The molecule has 0 aromatic heterocycles. The summed E-state index contributed by atoms with van der Waals surface area (Å²) in [6.07, 6.45) is 2.03. The predicted octanol–water partition coefficient (Wildman–Crippen LogP) is -0.492. The summed E-state index contributed by atoms with van der Waals surface area (Å²) < 4.78 is 58.0. The molecule has 1 saturated carbocycles. The zero-order valence-corrected chi connectivity index (χ0v) is 13.1. The van der Waals surface area contributed by atoms with Gasteiger partial charge in [-0.1, -0.05) is 0 Å². The third kappa shape index (κ3) is 5.00. The molecule has 1 rings (SSSR count). The Morgan fingerprint density at radius 2 is 1.70 bits per heavy atom. The minimum absolute atomic E-state index is 0.138. The van der Waals surface area contributed by atoms with Gasteiger partial charge in [0, 0.05) is 5.92 Å². The molecule has 20 heavy (non-hydrogen) atoms. The largest absolute Gasteiger partial charge is 0.465 e. The van der Waals surface area contributed by atoms with Crippen LogP contribution in [0.25, 0.3) is 0 Å². The number of hydrogen-bond donors (Lipinski definition) is 0. The molecule has 1 fully saturated rings. The summed E-state index contributed by atoms with van der Waals surface area (Å²) in [7, 11) is -7.32. The van der Waals surface area contributed by atoms with Crippen LogP contribution in [0.5, 0.6) is 0 Å². The van der Waals surface area contributed by atoms with Crippen LogP contribution in [0.3, 0.4) is 0 Å². The first kappa shape index (κ1) is 17.3. The summed E-state index contributed by atoms with van der Waals surface area (Å²) in [5.74, 6) is -1.05. The van der Waals surface area contributed by atoms with Gasteiger partial charge in [-0.3, -0.25) is 13.2 Å². The predicted molar refractivity (Wildman–Crippen MR) is 68.8 cm³/mol. The monoisotopic (exact) mass is 330 g/mol. The molecule has 1 aliphatic rings. The van der Waals surface area contributed by atoms with Gasteiger partial charge in [-0.2, -0.15) is 16.8 Å². The van der Waals surface area contributed by atoms with Gasteiger partial charge < -0.3 is 4.74 Å². The van der Waals surface area contributed by atoms with Gasteiger partial charge in [0.2, 0.25) is 0 Å². The molecule has 0 amide bonds. The number of hydrogen-bond acceptors (Lipinski definition) is 8. The van der Waals surface area contributed by atoms with Crippen LogP contribution in [0.4, 0.5) is 0 Å². The van der Waals surface area contributed by atoms with Gasteiger partial charge in [0.25, 0.3) is 20.2 Å². The van der Waals surface area contributed by atoms with Crippen LogP contribution in [-0.4, -0.2) is 55.1 Å². The molecule has 2 unspecified atom stereocenters. The minimum Gasteiger partial charge on any atom is -0.465 e. The van der Waals surface area contributed by atoms with E-state index in [1.807, 2.05) is 0 Å². The SMILES string of the molecule is CCOC(=O)C1(COS(C)(=O)=O)CC1COS(C)(=O)=O. The highest BCUT2D eigenvalue weighted by Crippen LogP contribution is 2.54. The summed E-state index contributed by atoms with van der Waals surface area (Å²) in [5, 5.41) is 0. The molecule has 118 valence electrons. The van der Waals surface area contributed by atoms with Gasteiger partial charge >= 0.3 is 5.97 Å². The van der Waals surface area contributed by atoms with Gasteiger partial charge in [-0.25, -0.2) is 0 Å². The van der Waals surface area contributed by atoms with Crippen LogP contribution >= 0.6 is 0 Å². The molecule has 0 saturated heterocycles. The summed E-state index contributed by atoms with van der Waals surface area (Å²) >= 11 is 0. The molecule has 0 heterocycles. The average molecular weight is 330 g/mol. The standard InChI is InChI=1S/C10H18O8S2/c1-4-16-9(11)10(7-18-20(3,14)15)5-8(10)6-17-19(2,12)13/h8H,4-7H2,1-3H3. The van der Waals surface area contributed by atoms with E-state index in [-0.39, 0.29) is 26.2 Å². The maximum atomic E-state index is 11.9. The van der Waals surface area contributed by atoms with Crippen molar-refractivity contribution in [1.82, 2.24) is 0 Å². The zero-order chi connectivity index (χ0) is 15.6. The van der Waals surface area contributed by atoms with Crippen molar-refractivity contribution in [3.8, 4) is 0 Å². The Kier molecular flexibility index (Phi) is 5.17. The van der Waals surface area contributed by atoms with E-state index in [1.165, 1.54) is 0 Å². The Labute approximate surface area is 118 Å². The molecule has 10 heteroatoms.